The fourth-order valence-electron chi connectivity index (χ4n) is 2.53. The largest absolute Gasteiger partial charge is 0.326 e. The van der Waals surface area contributed by atoms with Gasteiger partial charge < -0.3 is 10.3 Å². The molecule has 2 heterocycles. The molecular formula is C16H23N3O. The van der Waals surface area contributed by atoms with Gasteiger partial charge in [0.05, 0.1) is 5.69 Å². The lowest BCUT2D eigenvalue weighted by Crippen LogP contribution is -2.32. The number of H-pyrrole nitrogens is 1. The maximum Gasteiger partial charge on any atom is 0.326 e. The van der Waals surface area contributed by atoms with Gasteiger partial charge in [0.2, 0.25) is 0 Å². The van der Waals surface area contributed by atoms with Crippen LogP contribution < -0.4 is 11.0 Å². The summed E-state index contributed by atoms with van der Waals surface area (Å²) >= 11 is 0. The highest BCUT2D eigenvalue weighted by atomic mass is 16.1. The normalized spacial score (nSPS) is 15.5. The molecule has 4 heteroatoms. The van der Waals surface area contributed by atoms with E-state index >= 15 is 0 Å². The topological polar surface area (TPSA) is 49.8 Å². The average Bonchev–Trinajstić information content (AvgIpc) is 2.93. The van der Waals surface area contributed by atoms with Gasteiger partial charge in [-0.25, -0.2) is 4.79 Å². The van der Waals surface area contributed by atoms with E-state index < -0.39 is 0 Å². The molecule has 0 spiro atoms. The van der Waals surface area contributed by atoms with E-state index in [2.05, 4.69) is 10.3 Å². The van der Waals surface area contributed by atoms with Gasteiger partial charge in [0.15, 0.2) is 0 Å². The molecular weight excluding hydrogens is 250 g/mol. The van der Waals surface area contributed by atoms with E-state index in [9.17, 15) is 4.79 Å². The van der Waals surface area contributed by atoms with E-state index in [-0.39, 0.29) is 5.69 Å². The molecule has 2 N–H and O–H groups in total. The molecule has 0 amide bonds. The third-order valence-corrected chi connectivity index (χ3v) is 3.53. The van der Waals surface area contributed by atoms with Crippen LogP contribution in [0.3, 0.4) is 0 Å². The zero-order valence-corrected chi connectivity index (χ0v) is 12.2. The summed E-state index contributed by atoms with van der Waals surface area (Å²) in [5.41, 5.74) is 1.96. The van der Waals surface area contributed by atoms with Crippen LogP contribution in [-0.2, 0) is 0 Å². The molecule has 0 atom stereocenters. The summed E-state index contributed by atoms with van der Waals surface area (Å²) in [5, 5.41) is 3.32. The predicted octanol–water partition coefficient (Wildman–Crippen LogP) is 2.79. The van der Waals surface area contributed by atoms with Gasteiger partial charge in [0, 0.05) is 12.2 Å². The minimum atomic E-state index is 0.000697. The van der Waals surface area contributed by atoms with Crippen LogP contribution >= 0.6 is 0 Å². The number of piperidine rings is 1. The van der Waals surface area contributed by atoms with Crippen molar-refractivity contribution in [2.75, 3.05) is 13.1 Å². The van der Waals surface area contributed by atoms with Gasteiger partial charge in [-0.05, 0) is 31.5 Å². The molecule has 0 bridgehead atoms. The van der Waals surface area contributed by atoms with Crippen LogP contribution in [0.1, 0.15) is 32.7 Å². The Balaban J connectivity index is 0.000000704. The number of hydrogen-bond acceptors (Lipinski definition) is 2. The van der Waals surface area contributed by atoms with Crippen molar-refractivity contribution in [3.8, 4) is 11.3 Å². The monoisotopic (exact) mass is 273 g/mol. The number of rotatable bonds is 2. The Morgan fingerprint density at radius 3 is 2.40 bits per heavy atom. The first-order chi connectivity index (χ1) is 9.84. The Bertz CT molecular complexity index is 565. The van der Waals surface area contributed by atoms with E-state index in [1.807, 2.05) is 54.9 Å². The second-order valence-electron chi connectivity index (χ2n) is 4.73. The molecule has 0 saturated carbocycles. The summed E-state index contributed by atoms with van der Waals surface area (Å²) in [4.78, 5) is 14.9. The van der Waals surface area contributed by atoms with Gasteiger partial charge in [0.1, 0.15) is 0 Å². The zero-order chi connectivity index (χ0) is 14.4. The minimum Gasteiger partial charge on any atom is -0.317 e. The van der Waals surface area contributed by atoms with Crippen molar-refractivity contribution in [3.05, 3.63) is 47.0 Å². The van der Waals surface area contributed by atoms with Gasteiger partial charge in [0.25, 0.3) is 0 Å². The molecule has 20 heavy (non-hydrogen) atoms. The summed E-state index contributed by atoms with van der Waals surface area (Å²) in [6.07, 6.45) is 3.99. The number of aromatic nitrogens is 2. The van der Waals surface area contributed by atoms with Crippen molar-refractivity contribution in [2.45, 2.75) is 32.7 Å². The Kier molecular flexibility index (Phi) is 5.18. The molecule has 1 aliphatic heterocycles. The van der Waals surface area contributed by atoms with Crippen molar-refractivity contribution in [1.82, 2.24) is 14.9 Å². The highest BCUT2D eigenvalue weighted by molar-refractivity contribution is 5.57. The molecule has 108 valence electrons. The molecule has 3 rings (SSSR count). The summed E-state index contributed by atoms with van der Waals surface area (Å²) in [6, 6.07) is 10.3. The SMILES string of the molecule is CC.O=c1[nH]c(-c2ccccc2)cn1C1CCNCC1. The lowest BCUT2D eigenvalue weighted by Gasteiger charge is -2.22. The van der Waals surface area contributed by atoms with E-state index in [0.717, 1.165) is 37.2 Å². The molecule has 0 radical (unpaired) electrons. The van der Waals surface area contributed by atoms with Crippen molar-refractivity contribution >= 4 is 0 Å². The summed E-state index contributed by atoms with van der Waals surface area (Å²) in [6.45, 7) is 5.98. The number of aromatic amines is 1. The molecule has 1 aromatic heterocycles. The predicted molar refractivity (Wildman–Crippen MR) is 83.0 cm³/mol. The molecule has 1 aromatic carbocycles. The van der Waals surface area contributed by atoms with Crippen molar-refractivity contribution in [3.63, 3.8) is 0 Å². The van der Waals surface area contributed by atoms with Gasteiger partial charge in [-0.3, -0.25) is 4.57 Å². The summed E-state index contributed by atoms with van der Waals surface area (Å²) in [7, 11) is 0. The first-order valence-corrected chi connectivity index (χ1v) is 7.42. The minimum absolute atomic E-state index is 0.000697. The Labute approximate surface area is 119 Å². The molecule has 0 unspecified atom stereocenters. The Hall–Kier alpha value is -1.81. The highest BCUT2D eigenvalue weighted by Crippen LogP contribution is 2.20. The molecule has 2 aromatic rings. The van der Waals surface area contributed by atoms with Crippen LogP contribution in [-0.4, -0.2) is 22.6 Å². The van der Waals surface area contributed by atoms with Crippen molar-refractivity contribution < 1.29 is 0 Å². The lowest BCUT2D eigenvalue weighted by atomic mass is 10.1. The second-order valence-corrected chi connectivity index (χ2v) is 4.73. The van der Waals surface area contributed by atoms with Crippen LogP contribution in [0.2, 0.25) is 0 Å². The fraction of sp³-hybridized carbons (Fsp3) is 0.438. The average molecular weight is 273 g/mol. The quantitative estimate of drug-likeness (QED) is 0.884. The van der Waals surface area contributed by atoms with E-state index in [4.69, 9.17) is 0 Å². The maximum atomic E-state index is 12.0. The van der Waals surface area contributed by atoms with Crippen LogP contribution in [0, 0.1) is 0 Å². The number of benzene rings is 1. The van der Waals surface area contributed by atoms with Crippen LogP contribution in [0.5, 0.6) is 0 Å². The lowest BCUT2D eigenvalue weighted by molar-refractivity contribution is 0.361. The molecule has 1 aliphatic rings. The second kappa shape index (κ2) is 7.10. The van der Waals surface area contributed by atoms with E-state index in [1.165, 1.54) is 0 Å². The number of hydrogen-bond donors (Lipinski definition) is 2. The first-order valence-electron chi connectivity index (χ1n) is 7.42. The number of nitrogens with zero attached hydrogens (tertiary/aromatic N) is 1. The Morgan fingerprint density at radius 1 is 1.10 bits per heavy atom. The van der Waals surface area contributed by atoms with Crippen molar-refractivity contribution in [2.24, 2.45) is 0 Å². The van der Waals surface area contributed by atoms with Crippen LogP contribution in [0.4, 0.5) is 0 Å². The number of imidazole rings is 1. The highest BCUT2D eigenvalue weighted by Gasteiger charge is 2.17. The standard InChI is InChI=1S/C14H17N3O.C2H6/c18-14-16-13(11-4-2-1-3-5-11)10-17(14)12-6-8-15-9-7-12;1-2/h1-5,10,12,15H,6-9H2,(H,16,18);1-2H3. The smallest absolute Gasteiger partial charge is 0.317 e. The molecule has 4 nitrogen and oxygen atoms in total. The molecule has 0 aliphatic carbocycles. The van der Waals surface area contributed by atoms with Gasteiger partial charge in [-0.2, -0.15) is 0 Å². The fourth-order valence-corrected chi connectivity index (χ4v) is 2.53. The number of nitrogens with one attached hydrogen (secondary N) is 2. The maximum absolute atomic E-state index is 12.0. The first kappa shape index (κ1) is 14.6. The van der Waals surface area contributed by atoms with E-state index in [1.54, 1.807) is 0 Å². The summed E-state index contributed by atoms with van der Waals surface area (Å²) in [5.74, 6) is 0. The Morgan fingerprint density at radius 2 is 1.75 bits per heavy atom. The molecule has 1 fully saturated rings. The van der Waals surface area contributed by atoms with Gasteiger partial charge >= 0.3 is 5.69 Å². The van der Waals surface area contributed by atoms with Gasteiger partial charge in [-0.1, -0.05) is 44.2 Å². The van der Waals surface area contributed by atoms with Crippen LogP contribution in [0.15, 0.2) is 41.3 Å². The summed E-state index contributed by atoms with van der Waals surface area (Å²) < 4.78 is 1.85. The van der Waals surface area contributed by atoms with Crippen molar-refractivity contribution in [1.29, 1.82) is 0 Å². The third kappa shape index (κ3) is 3.20. The van der Waals surface area contributed by atoms with E-state index in [0.29, 0.717) is 6.04 Å². The third-order valence-electron chi connectivity index (χ3n) is 3.53. The van der Waals surface area contributed by atoms with Crippen LogP contribution in [0.25, 0.3) is 11.3 Å². The zero-order valence-electron chi connectivity index (χ0n) is 12.2. The van der Waals surface area contributed by atoms with Gasteiger partial charge in [-0.15, -0.1) is 0 Å². The molecule has 1 saturated heterocycles.